The van der Waals surface area contributed by atoms with Crippen LogP contribution in [0.3, 0.4) is 0 Å². The molecular weight excluding hydrogens is 326 g/mol. The highest BCUT2D eigenvalue weighted by atomic mass is 35.5. The largest absolute Gasteiger partial charge is 0.464 e. The van der Waals surface area contributed by atoms with Crippen LogP contribution in [0.4, 0.5) is 0 Å². The molecule has 4 nitrogen and oxygen atoms in total. The standard InChI is InChI=1S/C10H14Cl4O4/c1-5(15)17-3-7(11)9(13)10(14)8(12)4-18-6(2)16/h7-10H,3-4H2,1-2H3/t7-,8-,9+,10+/m1/s1. The summed E-state index contributed by atoms with van der Waals surface area (Å²) < 4.78 is 9.42. The summed E-state index contributed by atoms with van der Waals surface area (Å²) in [5.41, 5.74) is 0. The van der Waals surface area contributed by atoms with E-state index >= 15 is 0 Å². The topological polar surface area (TPSA) is 52.6 Å². The zero-order valence-corrected chi connectivity index (χ0v) is 12.9. The molecule has 0 saturated heterocycles. The van der Waals surface area contributed by atoms with Gasteiger partial charge in [-0.25, -0.2) is 0 Å². The smallest absolute Gasteiger partial charge is 0.302 e. The number of rotatable bonds is 7. The minimum Gasteiger partial charge on any atom is -0.464 e. The zero-order chi connectivity index (χ0) is 14.3. The van der Waals surface area contributed by atoms with Gasteiger partial charge in [-0.2, -0.15) is 0 Å². The third-order valence-electron chi connectivity index (χ3n) is 1.89. The SMILES string of the molecule is CC(=O)OC[C@@H](Cl)[C@H](Cl)[C@@H](Cl)[C@H](Cl)COC(C)=O. The highest BCUT2D eigenvalue weighted by Gasteiger charge is 2.31. The first kappa shape index (κ1) is 18.1. The summed E-state index contributed by atoms with van der Waals surface area (Å²) in [6.07, 6.45) is 0. The van der Waals surface area contributed by atoms with Crippen molar-refractivity contribution in [3.63, 3.8) is 0 Å². The molecule has 0 aliphatic heterocycles. The molecule has 0 aromatic heterocycles. The lowest BCUT2D eigenvalue weighted by atomic mass is 10.2. The maximum Gasteiger partial charge on any atom is 0.302 e. The molecule has 0 fully saturated rings. The number of hydrogen-bond acceptors (Lipinski definition) is 4. The van der Waals surface area contributed by atoms with Crippen molar-refractivity contribution in [3.05, 3.63) is 0 Å². The molecule has 4 atom stereocenters. The summed E-state index contributed by atoms with van der Waals surface area (Å²) in [7, 11) is 0. The van der Waals surface area contributed by atoms with Gasteiger partial charge in [-0.3, -0.25) is 9.59 Å². The summed E-state index contributed by atoms with van der Waals surface area (Å²) in [6, 6.07) is 0. The number of alkyl halides is 4. The first-order valence-electron chi connectivity index (χ1n) is 5.08. The minimum atomic E-state index is -0.731. The van der Waals surface area contributed by atoms with Crippen LogP contribution in [0.25, 0.3) is 0 Å². The fourth-order valence-electron chi connectivity index (χ4n) is 0.977. The molecule has 0 unspecified atom stereocenters. The van der Waals surface area contributed by atoms with E-state index in [4.69, 9.17) is 55.9 Å². The van der Waals surface area contributed by atoms with Crippen molar-refractivity contribution in [1.82, 2.24) is 0 Å². The molecule has 0 bridgehead atoms. The van der Waals surface area contributed by atoms with E-state index in [0.717, 1.165) is 0 Å². The molecule has 0 aromatic carbocycles. The predicted molar refractivity (Wildman–Crippen MR) is 71.8 cm³/mol. The average Bonchev–Trinajstić information content (AvgIpc) is 2.30. The van der Waals surface area contributed by atoms with Crippen LogP contribution < -0.4 is 0 Å². The molecule has 0 aliphatic carbocycles. The maximum atomic E-state index is 10.6. The summed E-state index contributed by atoms with van der Waals surface area (Å²) >= 11 is 23.8. The Balaban J connectivity index is 4.16. The monoisotopic (exact) mass is 338 g/mol. The molecule has 0 heterocycles. The molecule has 0 aromatic rings. The van der Waals surface area contributed by atoms with E-state index in [9.17, 15) is 9.59 Å². The highest BCUT2D eigenvalue weighted by molar-refractivity contribution is 6.38. The van der Waals surface area contributed by atoms with Crippen LogP contribution in [-0.4, -0.2) is 46.7 Å². The van der Waals surface area contributed by atoms with Crippen LogP contribution in [-0.2, 0) is 19.1 Å². The number of esters is 2. The molecule has 0 saturated carbocycles. The van der Waals surface area contributed by atoms with Gasteiger partial charge in [-0.1, -0.05) is 0 Å². The van der Waals surface area contributed by atoms with Crippen molar-refractivity contribution in [2.24, 2.45) is 0 Å². The lowest BCUT2D eigenvalue weighted by Crippen LogP contribution is -2.37. The summed E-state index contributed by atoms with van der Waals surface area (Å²) in [5, 5.41) is -2.83. The van der Waals surface area contributed by atoms with Crippen molar-refractivity contribution in [3.8, 4) is 0 Å². The Kier molecular flexibility index (Phi) is 9.13. The van der Waals surface area contributed by atoms with E-state index in [2.05, 4.69) is 0 Å². The van der Waals surface area contributed by atoms with Gasteiger partial charge in [0.1, 0.15) is 13.2 Å². The van der Waals surface area contributed by atoms with E-state index in [0.29, 0.717) is 0 Å². The fraction of sp³-hybridized carbons (Fsp3) is 0.800. The van der Waals surface area contributed by atoms with Crippen molar-refractivity contribution in [2.45, 2.75) is 35.4 Å². The number of halogens is 4. The van der Waals surface area contributed by atoms with Gasteiger partial charge in [0.15, 0.2) is 0 Å². The van der Waals surface area contributed by atoms with Crippen molar-refractivity contribution in [1.29, 1.82) is 0 Å². The highest BCUT2D eigenvalue weighted by Crippen LogP contribution is 2.24. The van der Waals surface area contributed by atoms with Crippen LogP contribution >= 0.6 is 46.4 Å². The van der Waals surface area contributed by atoms with Crippen molar-refractivity contribution >= 4 is 58.3 Å². The maximum absolute atomic E-state index is 10.6. The van der Waals surface area contributed by atoms with Crippen LogP contribution in [0.5, 0.6) is 0 Å². The first-order chi connectivity index (χ1) is 8.25. The zero-order valence-electron chi connectivity index (χ0n) is 9.87. The van der Waals surface area contributed by atoms with E-state index in [1.807, 2.05) is 0 Å². The molecule has 106 valence electrons. The lowest BCUT2D eigenvalue weighted by Gasteiger charge is -2.24. The quantitative estimate of drug-likeness (QED) is 0.528. The minimum absolute atomic E-state index is 0.0640. The Labute approximate surface area is 126 Å². The van der Waals surface area contributed by atoms with E-state index < -0.39 is 33.4 Å². The van der Waals surface area contributed by atoms with E-state index in [1.165, 1.54) is 13.8 Å². The first-order valence-corrected chi connectivity index (χ1v) is 6.83. The molecule has 0 spiro atoms. The van der Waals surface area contributed by atoms with Gasteiger partial charge in [-0.05, 0) is 0 Å². The molecule has 0 N–H and O–H groups in total. The predicted octanol–water partition coefficient (Wildman–Crippen LogP) is 2.54. The summed E-state index contributed by atoms with van der Waals surface area (Å²) in [4.78, 5) is 21.2. The molecule has 8 heteroatoms. The summed E-state index contributed by atoms with van der Waals surface area (Å²) in [5.74, 6) is -0.920. The normalized spacial score (nSPS) is 17.4. The number of carbonyl (C=O) groups is 2. The fourth-order valence-corrected chi connectivity index (χ4v) is 2.06. The Morgan fingerprint density at radius 3 is 1.33 bits per heavy atom. The molecule has 0 aliphatic rings. The Bertz CT molecular complexity index is 259. The molecular formula is C10H14Cl4O4. The molecule has 0 amide bonds. The van der Waals surface area contributed by atoms with Gasteiger partial charge in [0.25, 0.3) is 0 Å². The van der Waals surface area contributed by atoms with Gasteiger partial charge in [0, 0.05) is 13.8 Å². The van der Waals surface area contributed by atoms with E-state index in [-0.39, 0.29) is 13.2 Å². The third-order valence-corrected chi connectivity index (χ3v) is 4.22. The second kappa shape index (κ2) is 9.08. The van der Waals surface area contributed by atoms with Crippen molar-refractivity contribution in [2.75, 3.05) is 13.2 Å². The Morgan fingerprint density at radius 2 is 1.11 bits per heavy atom. The van der Waals surface area contributed by atoms with Gasteiger partial charge in [0.05, 0.1) is 21.5 Å². The Hall–Kier alpha value is 0.1000. The van der Waals surface area contributed by atoms with Gasteiger partial charge < -0.3 is 9.47 Å². The summed E-state index contributed by atoms with van der Waals surface area (Å²) in [6.45, 7) is 2.39. The van der Waals surface area contributed by atoms with Crippen LogP contribution in [0.1, 0.15) is 13.8 Å². The Morgan fingerprint density at radius 1 is 0.833 bits per heavy atom. The van der Waals surface area contributed by atoms with Crippen molar-refractivity contribution < 1.29 is 19.1 Å². The van der Waals surface area contributed by atoms with E-state index in [1.54, 1.807) is 0 Å². The lowest BCUT2D eigenvalue weighted by molar-refractivity contribution is -0.142. The average molecular weight is 340 g/mol. The molecule has 0 rings (SSSR count). The van der Waals surface area contributed by atoms with Crippen LogP contribution in [0.2, 0.25) is 0 Å². The van der Waals surface area contributed by atoms with Crippen LogP contribution in [0.15, 0.2) is 0 Å². The second-order valence-corrected chi connectivity index (χ2v) is 5.66. The number of carbonyl (C=O) groups excluding carboxylic acids is 2. The number of hydrogen-bond donors (Lipinski definition) is 0. The second-order valence-electron chi connectivity index (χ2n) is 3.53. The van der Waals surface area contributed by atoms with Gasteiger partial charge >= 0.3 is 11.9 Å². The molecule has 18 heavy (non-hydrogen) atoms. The van der Waals surface area contributed by atoms with Crippen LogP contribution in [0, 0.1) is 0 Å². The van der Waals surface area contributed by atoms with Gasteiger partial charge in [0.2, 0.25) is 0 Å². The van der Waals surface area contributed by atoms with Gasteiger partial charge in [-0.15, -0.1) is 46.4 Å². The number of ether oxygens (including phenoxy) is 2. The third kappa shape index (κ3) is 7.52. The molecule has 0 radical (unpaired) electrons.